The average molecular weight is 235 g/mol. The van der Waals surface area contributed by atoms with Crippen LogP contribution in [-0.4, -0.2) is 34.6 Å². The Balaban J connectivity index is 2.83. The lowest BCUT2D eigenvalue weighted by molar-refractivity contribution is 0.0314. The van der Waals surface area contributed by atoms with Gasteiger partial charge in [0.1, 0.15) is 0 Å². The predicted octanol–water partition coefficient (Wildman–Crippen LogP) is 2.23. The summed E-state index contributed by atoms with van der Waals surface area (Å²) in [5.41, 5.74) is 0.935. The van der Waals surface area contributed by atoms with Crippen LogP contribution in [-0.2, 0) is 0 Å². The molecule has 0 bridgehead atoms. The summed E-state index contributed by atoms with van der Waals surface area (Å²) in [6, 6.07) is 7.49. The molecule has 0 heterocycles. The van der Waals surface area contributed by atoms with E-state index in [1.807, 2.05) is 38.1 Å². The Morgan fingerprint density at radius 3 is 2.24 bits per heavy atom. The molecule has 0 radical (unpaired) electrons. The first-order chi connectivity index (χ1) is 7.83. The van der Waals surface area contributed by atoms with E-state index in [1.165, 1.54) is 0 Å². The van der Waals surface area contributed by atoms with Crippen molar-refractivity contribution in [2.24, 2.45) is 0 Å². The van der Waals surface area contributed by atoms with Crippen LogP contribution in [0.3, 0.4) is 0 Å². The summed E-state index contributed by atoms with van der Waals surface area (Å²) in [7, 11) is 0. The summed E-state index contributed by atoms with van der Waals surface area (Å²) in [5, 5.41) is 9.77. The van der Waals surface area contributed by atoms with Gasteiger partial charge < -0.3 is 10.0 Å². The van der Waals surface area contributed by atoms with Crippen LogP contribution in [0, 0.1) is 6.92 Å². The zero-order chi connectivity index (χ0) is 13.1. The minimum absolute atomic E-state index is 0.0328. The normalized spacial score (nSPS) is 11.4. The second-order valence-electron chi connectivity index (χ2n) is 5.00. The molecule has 0 spiro atoms. The summed E-state index contributed by atoms with van der Waals surface area (Å²) >= 11 is 0. The number of nitrogens with zero attached hydrogens (tertiary/aromatic N) is 1. The fourth-order valence-electron chi connectivity index (χ4n) is 1.67. The smallest absolute Gasteiger partial charge is 0.253 e. The standard InChI is InChI=1S/C14H21NO2/c1-5-15(10-14(3,4)17)13(16)12-8-6-11(2)7-9-12/h6-9,17H,5,10H2,1-4H3. The highest BCUT2D eigenvalue weighted by Crippen LogP contribution is 2.11. The lowest BCUT2D eigenvalue weighted by Gasteiger charge is -2.28. The molecule has 1 rings (SSSR count). The van der Waals surface area contributed by atoms with Gasteiger partial charge in [-0.3, -0.25) is 4.79 Å². The number of amides is 1. The first kappa shape index (κ1) is 13.7. The molecule has 0 aromatic heterocycles. The van der Waals surface area contributed by atoms with E-state index >= 15 is 0 Å². The Morgan fingerprint density at radius 2 is 1.82 bits per heavy atom. The zero-order valence-corrected chi connectivity index (χ0v) is 11.0. The van der Waals surface area contributed by atoms with Gasteiger partial charge in [-0.15, -0.1) is 0 Å². The maximum Gasteiger partial charge on any atom is 0.253 e. The van der Waals surface area contributed by atoms with E-state index in [2.05, 4.69) is 0 Å². The van der Waals surface area contributed by atoms with Crippen molar-refractivity contribution in [2.45, 2.75) is 33.3 Å². The summed E-state index contributed by atoms with van der Waals surface area (Å²) in [4.78, 5) is 13.8. The SMILES string of the molecule is CCN(CC(C)(C)O)C(=O)c1ccc(C)cc1. The van der Waals surface area contributed by atoms with Gasteiger partial charge in [0.05, 0.1) is 5.60 Å². The van der Waals surface area contributed by atoms with Crippen molar-refractivity contribution >= 4 is 5.91 Å². The van der Waals surface area contributed by atoms with E-state index in [1.54, 1.807) is 18.7 Å². The number of rotatable bonds is 4. The van der Waals surface area contributed by atoms with Gasteiger partial charge in [-0.1, -0.05) is 17.7 Å². The Labute approximate surface area is 103 Å². The Hall–Kier alpha value is -1.35. The van der Waals surface area contributed by atoms with Crippen molar-refractivity contribution in [3.05, 3.63) is 35.4 Å². The summed E-state index contributed by atoms with van der Waals surface area (Å²) in [6.07, 6.45) is 0. The molecule has 0 aliphatic rings. The van der Waals surface area contributed by atoms with Gasteiger partial charge in [-0.05, 0) is 39.8 Å². The van der Waals surface area contributed by atoms with Gasteiger partial charge in [0.25, 0.3) is 5.91 Å². The van der Waals surface area contributed by atoms with Crippen molar-refractivity contribution in [3.63, 3.8) is 0 Å². The maximum atomic E-state index is 12.2. The highest BCUT2D eigenvalue weighted by Gasteiger charge is 2.21. The fraction of sp³-hybridized carbons (Fsp3) is 0.500. The van der Waals surface area contributed by atoms with Crippen LogP contribution < -0.4 is 0 Å². The second-order valence-corrected chi connectivity index (χ2v) is 5.00. The molecular weight excluding hydrogens is 214 g/mol. The molecule has 3 heteroatoms. The van der Waals surface area contributed by atoms with Crippen LogP contribution in [0.5, 0.6) is 0 Å². The number of likely N-dealkylation sites (N-methyl/N-ethyl adjacent to an activating group) is 1. The van der Waals surface area contributed by atoms with Crippen LogP contribution in [0.25, 0.3) is 0 Å². The molecular formula is C14H21NO2. The molecule has 0 unspecified atom stereocenters. The minimum atomic E-state index is -0.865. The Kier molecular flexibility index (Phi) is 4.29. The van der Waals surface area contributed by atoms with E-state index in [9.17, 15) is 9.90 Å². The van der Waals surface area contributed by atoms with E-state index in [-0.39, 0.29) is 5.91 Å². The molecule has 1 aromatic rings. The fourth-order valence-corrected chi connectivity index (χ4v) is 1.67. The van der Waals surface area contributed by atoms with E-state index in [0.717, 1.165) is 5.56 Å². The predicted molar refractivity (Wildman–Crippen MR) is 69.1 cm³/mol. The van der Waals surface area contributed by atoms with Gasteiger partial charge in [-0.2, -0.15) is 0 Å². The first-order valence-corrected chi connectivity index (χ1v) is 5.92. The molecule has 0 saturated heterocycles. The van der Waals surface area contributed by atoms with Crippen molar-refractivity contribution in [1.82, 2.24) is 4.90 Å². The quantitative estimate of drug-likeness (QED) is 0.869. The third kappa shape index (κ3) is 4.19. The van der Waals surface area contributed by atoms with Crippen LogP contribution in [0.4, 0.5) is 0 Å². The van der Waals surface area contributed by atoms with Crippen molar-refractivity contribution in [3.8, 4) is 0 Å². The minimum Gasteiger partial charge on any atom is -0.389 e. The molecule has 0 saturated carbocycles. The highest BCUT2D eigenvalue weighted by atomic mass is 16.3. The lowest BCUT2D eigenvalue weighted by atomic mass is 10.1. The number of hydrogen-bond acceptors (Lipinski definition) is 2. The summed E-state index contributed by atoms with van der Waals surface area (Å²) < 4.78 is 0. The van der Waals surface area contributed by atoms with Crippen molar-refractivity contribution in [2.75, 3.05) is 13.1 Å². The molecule has 1 N–H and O–H groups in total. The third-order valence-corrected chi connectivity index (χ3v) is 2.55. The summed E-state index contributed by atoms with van der Waals surface area (Å²) in [5.74, 6) is -0.0328. The second kappa shape index (κ2) is 5.32. The largest absolute Gasteiger partial charge is 0.389 e. The van der Waals surface area contributed by atoms with Gasteiger partial charge in [0.2, 0.25) is 0 Å². The Morgan fingerprint density at radius 1 is 1.29 bits per heavy atom. The third-order valence-electron chi connectivity index (χ3n) is 2.55. The molecule has 0 atom stereocenters. The zero-order valence-electron chi connectivity index (χ0n) is 11.0. The van der Waals surface area contributed by atoms with Crippen LogP contribution in [0.15, 0.2) is 24.3 Å². The molecule has 0 aliphatic heterocycles. The van der Waals surface area contributed by atoms with Crippen molar-refractivity contribution in [1.29, 1.82) is 0 Å². The topological polar surface area (TPSA) is 40.5 Å². The number of hydrogen-bond donors (Lipinski definition) is 1. The molecule has 3 nitrogen and oxygen atoms in total. The number of benzene rings is 1. The first-order valence-electron chi connectivity index (χ1n) is 5.92. The molecule has 94 valence electrons. The van der Waals surface area contributed by atoms with Gasteiger partial charge >= 0.3 is 0 Å². The maximum absolute atomic E-state index is 12.2. The molecule has 1 aromatic carbocycles. The Bertz CT molecular complexity index is 376. The number of carbonyl (C=O) groups is 1. The number of aliphatic hydroxyl groups is 1. The number of carbonyl (C=O) groups excluding carboxylic acids is 1. The monoisotopic (exact) mass is 235 g/mol. The van der Waals surface area contributed by atoms with Gasteiger partial charge in [-0.25, -0.2) is 0 Å². The lowest BCUT2D eigenvalue weighted by Crippen LogP contribution is -2.42. The molecule has 1 amide bonds. The average Bonchev–Trinajstić information content (AvgIpc) is 2.25. The van der Waals surface area contributed by atoms with Crippen molar-refractivity contribution < 1.29 is 9.90 Å². The summed E-state index contributed by atoms with van der Waals surface area (Å²) in [6.45, 7) is 8.25. The van der Waals surface area contributed by atoms with Crippen LogP contribution in [0.2, 0.25) is 0 Å². The number of aryl methyl sites for hydroxylation is 1. The van der Waals surface area contributed by atoms with Gasteiger partial charge in [0.15, 0.2) is 0 Å². The molecule has 0 fully saturated rings. The van der Waals surface area contributed by atoms with E-state index < -0.39 is 5.60 Å². The van der Waals surface area contributed by atoms with Crippen LogP contribution >= 0.6 is 0 Å². The molecule has 17 heavy (non-hydrogen) atoms. The highest BCUT2D eigenvalue weighted by molar-refractivity contribution is 5.94. The van der Waals surface area contributed by atoms with E-state index in [0.29, 0.717) is 18.7 Å². The van der Waals surface area contributed by atoms with Crippen LogP contribution in [0.1, 0.15) is 36.7 Å². The van der Waals surface area contributed by atoms with Gasteiger partial charge in [0, 0.05) is 18.7 Å². The molecule has 0 aliphatic carbocycles. The van der Waals surface area contributed by atoms with E-state index in [4.69, 9.17) is 0 Å².